The SMILES string of the molecule is CCC1CC(NC(C)CCN(C)C)CCO1. The fourth-order valence-electron chi connectivity index (χ4n) is 2.25. The van der Waals surface area contributed by atoms with Crippen LogP contribution < -0.4 is 5.32 Å². The third-order valence-electron chi connectivity index (χ3n) is 3.35. The molecule has 16 heavy (non-hydrogen) atoms. The van der Waals surface area contributed by atoms with Crippen LogP contribution in [0.1, 0.15) is 39.5 Å². The molecule has 0 bridgehead atoms. The van der Waals surface area contributed by atoms with Gasteiger partial charge in [-0.05, 0) is 53.2 Å². The molecule has 3 unspecified atom stereocenters. The maximum Gasteiger partial charge on any atom is 0.0587 e. The molecule has 0 aliphatic carbocycles. The second-order valence-corrected chi connectivity index (χ2v) is 5.28. The predicted molar refractivity (Wildman–Crippen MR) is 68.8 cm³/mol. The Balaban J connectivity index is 2.19. The van der Waals surface area contributed by atoms with E-state index in [2.05, 4.69) is 38.2 Å². The summed E-state index contributed by atoms with van der Waals surface area (Å²) in [5.74, 6) is 0. The van der Waals surface area contributed by atoms with Crippen molar-refractivity contribution in [3.05, 3.63) is 0 Å². The van der Waals surface area contributed by atoms with E-state index in [0.717, 1.165) is 19.6 Å². The summed E-state index contributed by atoms with van der Waals surface area (Å²) in [5, 5.41) is 3.73. The van der Waals surface area contributed by atoms with Gasteiger partial charge in [-0.3, -0.25) is 0 Å². The Morgan fingerprint density at radius 3 is 2.81 bits per heavy atom. The maximum absolute atomic E-state index is 5.69. The van der Waals surface area contributed by atoms with Crippen LogP contribution in [0.2, 0.25) is 0 Å². The number of hydrogen-bond acceptors (Lipinski definition) is 3. The molecule has 3 nitrogen and oxygen atoms in total. The fourth-order valence-corrected chi connectivity index (χ4v) is 2.25. The molecule has 0 aromatic carbocycles. The lowest BCUT2D eigenvalue weighted by Gasteiger charge is -2.32. The highest BCUT2D eigenvalue weighted by Crippen LogP contribution is 2.17. The van der Waals surface area contributed by atoms with Crippen LogP contribution in [0.15, 0.2) is 0 Å². The summed E-state index contributed by atoms with van der Waals surface area (Å²) < 4.78 is 5.69. The molecule has 1 aliphatic rings. The van der Waals surface area contributed by atoms with E-state index in [4.69, 9.17) is 4.74 Å². The van der Waals surface area contributed by atoms with Gasteiger partial charge in [0.15, 0.2) is 0 Å². The molecule has 0 radical (unpaired) electrons. The highest BCUT2D eigenvalue weighted by Gasteiger charge is 2.22. The summed E-state index contributed by atoms with van der Waals surface area (Å²) in [6, 6.07) is 1.28. The van der Waals surface area contributed by atoms with Gasteiger partial charge in [0.1, 0.15) is 0 Å². The van der Waals surface area contributed by atoms with Gasteiger partial charge in [-0.2, -0.15) is 0 Å². The van der Waals surface area contributed by atoms with Crippen LogP contribution in [0.25, 0.3) is 0 Å². The molecule has 3 heteroatoms. The third kappa shape index (κ3) is 5.28. The Hall–Kier alpha value is -0.120. The van der Waals surface area contributed by atoms with Crippen LogP contribution in [-0.4, -0.2) is 50.3 Å². The number of rotatable bonds is 6. The molecule has 3 atom stereocenters. The molecule has 0 amide bonds. The minimum atomic E-state index is 0.479. The van der Waals surface area contributed by atoms with E-state index < -0.39 is 0 Å². The van der Waals surface area contributed by atoms with Gasteiger partial charge in [0.05, 0.1) is 6.10 Å². The molecule has 1 fully saturated rings. The van der Waals surface area contributed by atoms with E-state index in [1.807, 2.05) is 0 Å². The van der Waals surface area contributed by atoms with Crippen molar-refractivity contribution in [2.75, 3.05) is 27.2 Å². The highest BCUT2D eigenvalue weighted by molar-refractivity contribution is 4.78. The zero-order valence-corrected chi connectivity index (χ0v) is 11.3. The summed E-state index contributed by atoms with van der Waals surface area (Å²) >= 11 is 0. The average molecular weight is 228 g/mol. The second-order valence-electron chi connectivity index (χ2n) is 5.28. The predicted octanol–water partition coefficient (Wildman–Crippen LogP) is 1.87. The molecule has 96 valence electrons. The Morgan fingerprint density at radius 2 is 2.19 bits per heavy atom. The molecule has 1 N–H and O–H groups in total. The van der Waals surface area contributed by atoms with Crippen molar-refractivity contribution >= 4 is 0 Å². The van der Waals surface area contributed by atoms with Crippen LogP contribution in [0.5, 0.6) is 0 Å². The van der Waals surface area contributed by atoms with Gasteiger partial charge in [0.2, 0.25) is 0 Å². The average Bonchev–Trinajstić information content (AvgIpc) is 2.26. The molecule has 0 spiro atoms. The normalized spacial score (nSPS) is 28.3. The summed E-state index contributed by atoms with van der Waals surface area (Å²) in [6.07, 6.45) is 5.20. The number of nitrogens with zero attached hydrogens (tertiary/aromatic N) is 1. The quantitative estimate of drug-likeness (QED) is 0.751. The first-order valence-electron chi connectivity index (χ1n) is 6.64. The zero-order valence-electron chi connectivity index (χ0n) is 11.3. The lowest BCUT2D eigenvalue weighted by atomic mass is 10.0. The van der Waals surface area contributed by atoms with Gasteiger partial charge < -0.3 is 15.0 Å². The third-order valence-corrected chi connectivity index (χ3v) is 3.35. The van der Waals surface area contributed by atoms with Crippen LogP contribution >= 0.6 is 0 Å². The standard InChI is InChI=1S/C13H28N2O/c1-5-13-10-12(7-9-16-13)14-11(2)6-8-15(3)4/h11-14H,5-10H2,1-4H3. The van der Waals surface area contributed by atoms with E-state index in [9.17, 15) is 0 Å². The number of nitrogens with one attached hydrogen (secondary N) is 1. The van der Waals surface area contributed by atoms with Crippen LogP contribution in [0, 0.1) is 0 Å². The molecule has 1 rings (SSSR count). The first-order valence-corrected chi connectivity index (χ1v) is 6.64. The van der Waals surface area contributed by atoms with E-state index in [-0.39, 0.29) is 0 Å². The molecule has 0 aromatic rings. The van der Waals surface area contributed by atoms with Crippen LogP contribution in [-0.2, 0) is 4.74 Å². The Labute approximate surface area is 101 Å². The minimum Gasteiger partial charge on any atom is -0.378 e. The van der Waals surface area contributed by atoms with Crippen LogP contribution in [0.3, 0.4) is 0 Å². The first-order chi connectivity index (χ1) is 7.61. The highest BCUT2D eigenvalue weighted by atomic mass is 16.5. The summed E-state index contributed by atoms with van der Waals surface area (Å²) in [7, 11) is 4.27. The number of hydrogen-bond donors (Lipinski definition) is 1. The van der Waals surface area contributed by atoms with Gasteiger partial charge in [-0.15, -0.1) is 0 Å². The van der Waals surface area contributed by atoms with Crippen molar-refractivity contribution in [2.45, 2.75) is 57.7 Å². The lowest BCUT2D eigenvalue weighted by Crippen LogP contribution is -2.43. The van der Waals surface area contributed by atoms with Crippen molar-refractivity contribution in [3.8, 4) is 0 Å². The Morgan fingerprint density at radius 1 is 1.44 bits per heavy atom. The van der Waals surface area contributed by atoms with E-state index in [1.165, 1.54) is 19.3 Å². The van der Waals surface area contributed by atoms with Crippen molar-refractivity contribution in [2.24, 2.45) is 0 Å². The summed E-state index contributed by atoms with van der Waals surface area (Å²) in [4.78, 5) is 2.25. The molecular formula is C13H28N2O. The van der Waals surface area contributed by atoms with Crippen molar-refractivity contribution in [1.29, 1.82) is 0 Å². The molecule has 0 saturated carbocycles. The van der Waals surface area contributed by atoms with E-state index >= 15 is 0 Å². The van der Waals surface area contributed by atoms with Crippen LogP contribution in [0.4, 0.5) is 0 Å². The molecular weight excluding hydrogens is 200 g/mol. The largest absolute Gasteiger partial charge is 0.378 e. The lowest BCUT2D eigenvalue weighted by molar-refractivity contribution is -0.00184. The van der Waals surface area contributed by atoms with Crippen molar-refractivity contribution in [1.82, 2.24) is 10.2 Å². The molecule has 1 saturated heterocycles. The fraction of sp³-hybridized carbons (Fsp3) is 1.00. The minimum absolute atomic E-state index is 0.479. The Bertz CT molecular complexity index is 185. The molecule has 1 heterocycles. The summed E-state index contributed by atoms with van der Waals surface area (Å²) in [6.45, 7) is 6.59. The molecule has 1 aliphatic heterocycles. The van der Waals surface area contributed by atoms with Gasteiger partial charge in [0, 0.05) is 18.7 Å². The van der Waals surface area contributed by atoms with Crippen molar-refractivity contribution in [3.63, 3.8) is 0 Å². The van der Waals surface area contributed by atoms with Crippen molar-refractivity contribution < 1.29 is 4.74 Å². The topological polar surface area (TPSA) is 24.5 Å². The Kier molecular flexibility index (Phi) is 6.32. The summed E-state index contributed by atoms with van der Waals surface area (Å²) in [5.41, 5.74) is 0. The van der Waals surface area contributed by atoms with E-state index in [1.54, 1.807) is 0 Å². The van der Waals surface area contributed by atoms with Gasteiger partial charge in [0.25, 0.3) is 0 Å². The van der Waals surface area contributed by atoms with Gasteiger partial charge >= 0.3 is 0 Å². The van der Waals surface area contributed by atoms with Gasteiger partial charge in [-0.1, -0.05) is 6.92 Å². The van der Waals surface area contributed by atoms with E-state index in [0.29, 0.717) is 18.2 Å². The smallest absolute Gasteiger partial charge is 0.0587 e. The monoisotopic (exact) mass is 228 g/mol. The maximum atomic E-state index is 5.69. The zero-order chi connectivity index (χ0) is 12.0. The second kappa shape index (κ2) is 7.25. The molecule has 0 aromatic heterocycles. The first kappa shape index (κ1) is 13.9. The number of ether oxygens (including phenoxy) is 1. The van der Waals surface area contributed by atoms with Gasteiger partial charge in [-0.25, -0.2) is 0 Å².